The van der Waals surface area contributed by atoms with Gasteiger partial charge in [0.1, 0.15) is 0 Å². The SMILES string of the molecule is CCCCCC/C=C\CCCCCCCC(=O)O.CCCCCC/C=C\CCCCCCCC(=O)O.CCCCCC/C=C\CCCCCCCC(=O)O.[Ho]. The van der Waals surface area contributed by atoms with Crippen molar-refractivity contribution in [2.24, 2.45) is 0 Å². The van der Waals surface area contributed by atoms with Crippen LogP contribution < -0.4 is 0 Å². The molecule has 0 heterocycles. The van der Waals surface area contributed by atoms with Gasteiger partial charge in [0.05, 0.1) is 0 Å². The molecule has 0 aliphatic heterocycles. The van der Waals surface area contributed by atoms with Crippen molar-refractivity contribution in [1.82, 2.24) is 0 Å². The van der Waals surface area contributed by atoms with E-state index >= 15 is 0 Å². The van der Waals surface area contributed by atoms with E-state index in [9.17, 15) is 14.4 Å². The van der Waals surface area contributed by atoms with Crippen molar-refractivity contribution in [3.63, 3.8) is 0 Å². The molecule has 1 radical (unpaired) electrons. The predicted octanol–water partition coefficient (Wildman–Crippen LogP) is 16.0. The second kappa shape index (κ2) is 57.2. The molecule has 0 bridgehead atoms. The van der Waals surface area contributed by atoms with E-state index in [-0.39, 0.29) is 37.7 Å². The standard InChI is InChI=1S/3C16H30O2.Ho/c3*1-2-3-4-5-6-7-8-9-10-11-12-13-14-15-16(17)18;/h3*7-8H,2-6,9-15H2,1H3,(H,17,18);/b3*8-7-;. The summed E-state index contributed by atoms with van der Waals surface area (Å²) in [6, 6.07) is 0. The first kappa shape index (κ1) is 60.6. The van der Waals surface area contributed by atoms with Crippen LogP contribution in [0.4, 0.5) is 0 Å². The summed E-state index contributed by atoms with van der Waals surface area (Å²) in [5.74, 6) is -2.00. The van der Waals surface area contributed by atoms with Crippen molar-refractivity contribution in [3.8, 4) is 0 Å². The van der Waals surface area contributed by atoms with Crippen LogP contribution in [-0.4, -0.2) is 33.2 Å². The molecule has 0 unspecified atom stereocenters. The van der Waals surface area contributed by atoms with Gasteiger partial charge in [0.25, 0.3) is 0 Å². The maximum atomic E-state index is 10.3. The van der Waals surface area contributed by atoms with Crippen LogP contribution in [0.5, 0.6) is 0 Å². The number of carboxylic acid groups (broad SMARTS) is 3. The molecule has 0 saturated carbocycles. The second-order valence-corrected chi connectivity index (χ2v) is 15.1. The topological polar surface area (TPSA) is 112 Å². The molecule has 6 nitrogen and oxygen atoms in total. The second-order valence-electron chi connectivity index (χ2n) is 15.1. The van der Waals surface area contributed by atoms with Crippen LogP contribution in [0.25, 0.3) is 0 Å². The average Bonchev–Trinajstić information content (AvgIpc) is 3.14. The minimum absolute atomic E-state index is 0. The summed E-state index contributed by atoms with van der Waals surface area (Å²) < 4.78 is 0. The fraction of sp³-hybridized carbons (Fsp3) is 0.812. The van der Waals surface area contributed by atoms with Gasteiger partial charge in [-0.15, -0.1) is 0 Å². The van der Waals surface area contributed by atoms with Crippen molar-refractivity contribution in [2.75, 3.05) is 0 Å². The first-order valence-electron chi connectivity index (χ1n) is 22.9. The summed E-state index contributed by atoms with van der Waals surface area (Å²) in [7, 11) is 0. The van der Waals surface area contributed by atoms with Gasteiger partial charge in [-0.05, 0) is 96.3 Å². The Morgan fingerprint density at radius 3 is 0.636 bits per heavy atom. The van der Waals surface area contributed by atoms with E-state index in [1.165, 1.54) is 173 Å². The molecule has 0 amide bonds. The van der Waals surface area contributed by atoms with Crippen LogP contribution in [0, 0.1) is 37.7 Å². The molecule has 7 heteroatoms. The Bertz CT molecular complexity index is 744. The van der Waals surface area contributed by atoms with Crippen LogP contribution >= 0.6 is 0 Å². The Kier molecular flexibility index (Phi) is 63.0. The summed E-state index contributed by atoms with van der Waals surface area (Å²) in [6.45, 7) is 6.73. The van der Waals surface area contributed by atoms with Crippen molar-refractivity contribution in [1.29, 1.82) is 0 Å². The van der Waals surface area contributed by atoms with E-state index in [1.54, 1.807) is 0 Å². The van der Waals surface area contributed by atoms with Gasteiger partial charge in [-0.25, -0.2) is 0 Å². The van der Waals surface area contributed by atoms with Crippen molar-refractivity contribution in [2.45, 2.75) is 252 Å². The minimum Gasteiger partial charge on any atom is -0.481 e. The number of carboxylic acids is 3. The van der Waals surface area contributed by atoms with Crippen LogP contribution in [-0.2, 0) is 14.4 Å². The summed E-state index contributed by atoms with van der Waals surface area (Å²) in [4.78, 5) is 30.9. The zero-order valence-electron chi connectivity index (χ0n) is 36.3. The van der Waals surface area contributed by atoms with E-state index in [2.05, 4.69) is 57.2 Å². The molecule has 0 spiro atoms. The van der Waals surface area contributed by atoms with E-state index < -0.39 is 17.9 Å². The summed E-state index contributed by atoms with van der Waals surface area (Å²) in [6.07, 6.45) is 55.0. The van der Waals surface area contributed by atoms with E-state index in [4.69, 9.17) is 15.3 Å². The Balaban J connectivity index is -0.000000351. The van der Waals surface area contributed by atoms with Crippen LogP contribution in [0.15, 0.2) is 36.5 Å². The molecule has 0 aromatic heterocycles. The molecule has 0 saturated heterocycles. The predicted molar refractivity (Wildman–Crippen MR) is 234 cm³/mol. The third-order valence-electron chi connectivity index (χ3n) is 9.46. The largest absolute Gasteiger partial charge is 0.481 e. The minimum atomic E-state index is -0.666. The zero-order valence-corrected chi connectivity index (χ0v) is 38.2. The van der Waals surface area contributed by atoms with Gasteiger partial charge in [0.2, 0.25) is 0 Å². The Morgan fingerprint density at radius 2 is 0.455 bits per heavy atom. The molecule has 0 aromatic rings. The van der Waals surface area contributed by atoms with Gasteiger partial charge >= 0.3 is 17.9 Å². The van der Waals surface area contributed by atoms with Gasteiger partial charge in [0, 0.05) is 57.0 Å². The third kappa shape index (κ3) is 71.1. The first-order valence-corrected chi connectivity index (χ1v) is 22.9. The molecule has 0 aliphatic carbocycles. The Morgan fingerprint density at radius 1 is 0.291 bits per heavy atom. The van der Waals surface area contributed by atoms with E-state index in [0.29, 0.717) is 19.3 Å². The quantitative estimate of drug-likeness (QED) is 0.0322. The molecule has 0 aromatic carbocycles. The number of rotatable bonds is 39. The van der Waals surface area contributed by atoms with Gasteiger partial charge in [0.15, 0.2) is 0 Å². The van der Waals surface area contributed by atoms with Crippen LogP contribution in [0.1, 0.15) is 252 Å². The fourth-order valence-corrected chi connectivity index (χ4v) is 5.98. The average molecular weight is 928 g/mol. The number of carbonyl (C=O) groups is 3. The van der Waals surface area contributed by atoms with Crippen molar-refractivity contribution in [3.05, 3.63) is 36.5 Å². The number of allylic oxidation sites excluding steroid dienone is 6. The number of hydrogen-bond acceptors (Lipinski definition) is 3. The van der Waals surface area contributed by atoms with Gasteiger partial charge in [-0.2, -0.15) is 0 Å². The maximum Gasteiger partial charge on any atom is 0.303 e. The molecule has 3 N–H and O–H groups in total. The molecule has 0 atom stereocenters. The molecule has 55 heavy (non-hydrogen) atoms. The van der Waals surface area contributed by atoms with Crippen LogP contribution in [0.3, 0.4) is 0 Å². The van der Waals surface area contributed by atoms with Gasteiger partial charge in [-0.1, -0.05) is 173 Å². The summed E-state index contributed by atoms with van der Waals surface area (Å²) >= 11 is 0. The van der Waals surface area contributed by atoms with Gasteiger partial charge in [-0.3, -0.25) is 14.4 Å². The first-order chi connectivity index (χ1) is 26.3. The monoisotopic (exact) mass is 928 g/mol. The molecule has 0 rings (SSSR count). The number of aliphatic carboxylic acids is 3. The molecule has 0 aliphatic rings. The summed E-state index contributed by atoms with van der Waals surface area (Å²) in [5, 5.41) is 25.4. The van der Waals surface area contributed by atoms with E-state index in [0.717, 1.165) is 38.5 Å². The fourth-order valence-electron chi connectivity index (χ4n) is 5.98. The van der Waals surface area contributed by atoms with Crippen molar-refractivity contribution < 1.29 is 67.4 Å². The zero-order chi connectivity index (χ0) is 40.4. The number of unbranched alkanes of at least 4 members (excludes halogenated alkanes) is 27. The summed E-state index contributed by atoms with van der Waals surface area (Å²) in [5.41, 5.74) is 0. The Labute approximate surface area is 371 Å². The maximum absolute atomic E-state index is 10.3. The third-order valence-corrected chi connectivity index (χ3v) is 9.46. The Hall–Kier alpha value is -1.11. The number of hydrogen-bond donors (Lipinski definition) is 3. The smallest absolute Gasteiger partial charge is 0.303 e. The normalized spacial score (nSPS) is 11.0. The van der Waals surface area contributed by atoms with E-state index in [1.807, 2.05) is 0 Å². The van der Waals surface area contributed by atoms with Crippen molar-refractivity contribution >= 4 is 17.9 Å². The molecule has 329 valence electrons. The molecular formula is C48H90HoO6. The van der Waals surface area contributed by atoms with Gasteiger partial charge < -0.3 is 15.3 Å². The molecule has 0 fully saturated rings. The van der Waals surface area contributed by atoms with Crippen LogP contribution in [0.2, 0.25) is 0 Å². The molecular weight excluding hydrogens is 837 g/mol.